The average molecular weight is 464 g/mol. The number of carbonyl (C=O) groups excluding carboxylic acids is 1. The summed E-state index contributed by atoms with van der Waals surface area (Å²) in [6.07, 6.45) is 4.04. The molecule has 9 heteroatoms. The van der Waals surface area contributed by atoms with Crippen molar-refractivity contribution in [1.82, 2.24) is 10.1 Å². The molecule has 0 bridgehead atoms. The predicted molar refractivity (Wildman–Crippen MR) is 129 cm³/mol. The zero-order valence-electron chi connectivity index (χ0n) is 19.3. The van der Waals surface area contributed by atoms with E-state index in [1.165, 1.54) is 12.8 Å². The number of rotatable bonds is 6. The van der Waals surface area contributed by atoms with Crippen LogP contribution in [0.4, 0.5) is 17.2 Å². The minimum Gasteiger partial charge on any atom is -0.464 e. The third kappa shape index (κ3) is 4.99. The number of hydrogen-bond donors (Lipinski definition) is 1. The molecular formula is C25H29N5O4. The lowest BCUT2D eigenvalue weighted by atomic mass is 10.0. The SMILES string of the molecule is COC(=O)c1cc(-c2cccc(N3CCC[C@@H](Nc4cc(N5CCOCC5)ccn4)C3)c2)on1. The molecule has 5 rings (SSSR count). The molecule has 1 N–H and O–H groups in total. The summed E-state index contributed by atoms with van der Waals surface area (Å²) in [6, 6.07) is 14.2. The van der Waals surface area contributed by atoms with Crippen LogP contribution in [-0.2, 0) is 9.47 Å². The van der Waals surface area contributed by atoms with E-state index in [0.717, 1.165) is 69.3 Å². The van der Waals surface area contributed by atoms with Crippen molar-refractivity contribution >= 4 is 23.2 Å². The molecule has 2 aromatic heterocycles. The molecule has 3 aromatic rings. The summed E-state index contributed by atoms with van der Waals surface area (Å²) >= 11 is 0. The maximum Gasteiger partial charge on any atom is 0.360 e. The van der Waals surface area contributed by atoms with Gasteiger partial charge in [-0.05, 0) is 31.0 Å². The van der Waals surface area contributed by atoms with E-state index < -0.39 is 5.97 Å². The highest BCUT2D eigenvalue weighted by atomic mass is 16.5. The molecule has 0 spiro atoms. The van der Waals surface area contributed by atoms with E-state index in [2.05, 4.69) is 49.5 Å². The predicted octanol–water partition coefficient (Wildman–Crippen LogP) is 3.44. The first-order valence-electron chi connectivity index (χ1n) is 11.7. The Morgan fingerprint density at radius 2 is 1.94 bits per heavy atom. The van der Waals surface area contributed by atoms with E-state index >= 15 is 0 Å². The van der Waals surface area contributed by atoms with Crippen molar-refractivity contribution in [2.75, 3.05) is 61.6 Å². The third-order valence-electron chi connectivity index (χ3n) is 6.29. The number of pyridine rings is 1. The zero-order valence-corrected chi connectivity index (χ0v) is 19.3. The van der Waals surface area contributed by atoms with Crippen molar-refractivity contribution in [2.24, 2.45) is 0 Å². The molecule has 0 amide bonds. The number of nitrogens with one attached hydrogen (secondary N) is 1. The second-order valence-corrected chi connectivity index (χ2v) is 8.55. The second kappa shape index (κ2) is 10.1. The Kier molecular flexibility index (Phi) is 6.62. The van der Waals surface area contributed by atoms with Gasteiger partial charge in [0.05, 0.1) is 20.3 Å². The monoisotopic (exact) mass is 463 g/mol. The highest BCUT2D eigenvalue weighted by Gasteiger charge is 2.22. The Bertz CT molecular complexity index is 1130. The summed E-state index contributed by atoms with van der Waals surface area (Å²) in [5.74, 6) is 0.932. The lowest BCUT2D eigenvalue weighted by Crippen LogP contribution is -2.42. The molecule has 2 aliphatic rings. The number of benzene rings is 1. The Morgan fingerprint density at radius 3 is 2.79 bits per heavy atom. The fraction of sp³-hybridized carbons (Fsp3) is 0.400. The van der Waals surface area contributed by atoms with Gasteiger partial charge in [0.15, 0.2) is 11.5 Å². The van der Waals surface area contributed by atoms with E-state index in [4.69, 9.17) is 14.0 Å². The van der Waals surface area contributed by atoms with Crippen LogP contribution in [-0.4, -0.2) is 68.7 Å². The fourth-order valence-electron chi connectivity index (χ4n) is 4.52. The van der Waals surface area contributed by atoms with Gasteiger partial charge in [-0.3, -0.25) is 0 Å². The van der Waals surface area contributed by atoms with Gasteiger partial charge in [-0.15, -0.1) is 0 Å². The number of aromatic nitrogens is 2. The highest BCUT2D eigenvalue weighted by molar-refractivity contribution is 5.88. The van der Waals surface area contributed by atoms with Crippen LogP contribution in [0.5, 0.6) is 0 Å². The normalized spacial score (nSPS) is 18.6. The summed E-state index contributed by atoms with van der Waals surface area (Å²) in [5, 5.41) is 7.45. The maximum absolute atomic E-state index is 11.7. The minimum absolute atomic E-state index is 0.164. The Labute approximate surface area is 198 Å². The van der Waals surface area contributed by atoms with Crippen molar-refractivity contribution in [1.29, 1.82) is 0 Å². The van der Waals surface area contributed by atoms with E-state index in [-0.39, 0.29) is 5.69 Å². The number of ether oxygens (including phenoxy) is 2. The quantitative estimate of drug-likeness (QED) is 0.552. The van der Waals surface area contributed by atoms with E-state index in [1.807, 2.05) is 18.3 Å². The van der Waals surface area contributed by atoms with Crippen molar-refractivity contribution < 1.29 is 18.8 Å². The average Bonchev–Trinajstić information content (AvgIpc) is 3.40. The van der Waals surface area contributed by atoms with Crippen LogP contribution in [0.15, 0.2) is 53.2 Å². The number of carbonyl (C=O) groups is 1. The molecule has 0 unspecified atom stereocenters. The van der Waals surface area contributed by atoms with Gasteiger partial charge in [0.25, 0.3) is 0 Å². The van der Waals surface area contributed by atoms with Crippen molar-refractivity contribution in [2.45, 2.75) is 18.9 Å². The van der Waals surface area contributed by atoms with Crippen LogP contribution < -0.4 is 15.1 Å². The lowest BCUT2D eigenvalue weighted by Gasteiger charge is -2.35. The molecule has 1 aromatic carbocycles. The van der Waals surface area contributed by atoms with Crippen molar-refractivity contribution in [3.63, 3.8) is 0 Å². The van der Waals surface area contributed by atoms with Gasteiger partial charge < -0.3 is 29.1 Å². The summed E-state index contributed by atoms with van der Waals surface area (Å²) in [6.45, 7) is 5.19. The molecule has 0 aliphatic carbocycles. The number of methoxy groups -OCH3 is 1. The number of piperidine rings is 1. The van der Waals surface area contributed by atoms with Gasteiger partial charge in [-0.2, -0.15) is 0 Å². The first-order valence-corrected chi connectivity index (χ1v) is 11.7. The summed E-state index contributed by atoms with van der Waals surface area (Å²) in [7, 11) is 1.33. The van der Waals surface area contributed by atoms with Crippen LogP contribution >= 0.6 is 0 Å². The number of esters is 1. The topological polar surface area (TPSA) is 93.0 Å². The molecule has 4 heterocycles. The number of morpholine rings is 1. The van der Waals surface area contributed by atoms with Gasteiger partial charge in [0.2, 0.25) is 0 Å². The second-order valence-electron chi connectivity index (χ2n) is 8.55. The van der Waals surface area contributed by atoms with Gasteiger partial charge in [0, 0.05) is 67.5 Å². The van der Waals surface area contributed by atoms with E-state index in [1.54, 1.807) is 6.07 Å². The largest absolute Gasteiger partial charge is 0.464 e. The first-order chi connectivity index (χ1) is 16.7. The van der Waals surface area contributed by atoms with Crippen LogP contribution in [0.25, 0.3) is 11.3 Å². The van der Waals surface area contributed by atoms with Crippen molar-refractivity contribution in [3.05, 3.63) is 54.4 Å². The van der Waals surface area contributed by atoms with Gasteiger partial charge >= 0.3 is 5.97 Å². The lowest BCUT2D eigenvalue weighted by molar-refractivity contribution is 0.0589. The van der Waals surface area contributed by atoms with Crippen LogP contribution in [0.2, 0.25) is 0 Å². The molecule has 0 saturated carbocycles. The molecule has 2 saturated heterocycles. The van der Waals surface area contributed by atoms with E-state index in [9.17, 15) is 4.79 Å². The van der Waals surface area contributed by atoms with Gasteiger partial charge in [-0.1, -0.05) is 17.3 Å². The molecule has 34 heavy (non-hydrogen) atoms. The summed E-state index contributed by atoms with van der Waals surface area (Å²) < 4.78 is 15.6. The highest BCUT2D eigenvalue weighted by Crippen LogP contribution is 2.28. The third-order valence-corrected chi connectivity index (χ3v) is 6.29. The first kappa shape index (κ1) is 22.2. The Balaban J connectivity index is 1.26. The maximum atomic E-state index is 11.7. The molecular weight excluding hydrogens is 434 g/mol. The molecule has 2 aliphatic heterocycles. The smallest absolute Gasteiger partial charge is 0.360 e. The minimum atomic E-state index is -0.512. The number of hydrogen-bond acceptors (Lipinski definition) is 9. The molecule has 0 radical (unpaired) electrons. The number of anilines is 3. The van der Waals surface area contributed by atoms with E-state index in [0.29, 0.717) is 11.8 Å². The van der Waals surface area contributed by atoms with Crippen LogP contribution in [0.1, 0.15) is 23.3 Å². The van der Waals surface area contributed by atoms with Crippen molar-refractivity contribution in [3.8, 4) is 11.3 Å². The fourth-order valence-corrected chi connectivity index (χ4v) is 4.52. The Hall–Kier alpha value is -3.59. The number of nitrogens with zero attached hydrogens (tertiary/aromatic N) is 4. The molecule has 178 valence electrons. The zero-order chi connectivity index (χ0) is 23.3. The van der Waals surface area contributed by atoms with Gasteiger partial charge in [0.1, 0.15) is 5.82 Å². The van der Waals surface area contributed by atoms with Gasteiger partial charge in [-0.25, -0.2) is 9.78 Å². The summed E-state index contributed by atoms with van der Waals surface area (Å²) in [5.41, 5.74) is 3.32. The van der Waals surface area contributed by atoms with Crippen LogP contribution in [0.3, 0.4) is 0 Å². The molecule has 2 fully saturated rings. The summed E-state index contributed by atoms with van der Waals surface area (Å²) in [4.78, 5) is 21.0. The van der Waals surface area contributed by atoms with Crippen LogP contribution in [0, 0.1) is 0 Å². The Morgan fingerprint density at radius 1 is 1.09 bits per heavy atom. The standard InChI is InChI=1S/C25H29N5O4/c1-32-25(31)22-16-23(34-28-22)18-4-2-6-20(14-18)30-9-3-5-19(17-30)27-24-15-21(7-8-26-24)29-10-12-33-13-11-29/h2,4,6-8,14-16,19H,3,5,9-13,17H2,1H3,(H,26,27)/t19-/m1/s1. The molecule has 9 nitrogen and oxygen atoms in total. The molecule has 1 atom stereocenters.